The molecule has 110 valence electrons. The van der Waals surface area contributed by atoms with Gasteiger partial charge in [0.25, 0.3) is 0 Å². The van der Waals surface area contributed by atoms with Crippen molar-refractivity contribution in [3.8, 4) is 0 Å². The van der Waals surface area contributed by atoms with Gasteiger partial charge in [-0.3, -0.25) is 0 Å². The molecule has 0 radical (unpaired) electrons. The molecule has 1 heterocycles. The maximum absolute atomic E-state index is 12.6. The summed E-state index contributed by atoms with van der Waals surface area (Å²) in [6.45, 7) is 0.524. The van der Waals surface area contributed by atoms with E-state index in [0.29, 0.717) is 12.6 Å². The van der Waals surface area contributed by atoms with E-state index in [0.717, 1.165) is 24.3 Å². The molecule has 21 heavy (non-hydrogen) atoms. The van der Waals surface area contributed by atoms with Crippen molar-refractivity contribution in [2.75, 3.05) is 5.32 Å². The van der Waals surface area contributed by atoms with Gasteiger partial charge in [0.2, 0.25) is 0 Å². The highest BCUT2D eigenvalue weighted by Crippen LogP contribution is 2.26. The summed E-state index contributed by atoms with van der Waals surface area (Å²) in [6, 6.07) is 13.6. The number of hydrogen-bond donors (Lipinski definition) is 1. The maximum atomic E-state index is 12.6. The predicted octanol–water partition coefficient (Wildman–Crippen LogP) is 4.26. The molecule has 1 aromatic heterocycles. The maximum Gasteiger partial charge on any atom is 0.322 e. The van der Waals surface area contributed by atoms with Crippen LogP contribution in [0.4, 0.5) is 10.5 Å². The van der Waals surface area contributed by atoms with Gasteiger partial charge in [0.05, 0.1) is 12.8 Å². The minimum Gasteiger partial charge on any atom is -0.467 e. The Balaban J connectivity index is 1.72. The molecule has 0 saturated heterocycles. The van der Waals surface area contributed by atoms with Crippen LogP contribution in [0.3, 0.4) is 0 Å². The van der Waals surface area contributed by atoms with Crippen LogP contribution in [0.2, 0.25) is 0 Å². The molecule has 0 aliphatic heterocycles. The second-order valence-corrected chi connectivity index (χ2v) is 5.44. The first-order valence-electron chi connectivity index (χ1n) is 7.48. The van der Waals surface area contributed by atoms with Crippen LogP contribution in [0.1, 0.15) is 31.4 Å². The molecule has 1 fully saturated rings. The van der Waals surface area contributed by atoms with Crippen LogP contribution >= 0.6 is 0 Å². The lowest BCUT2D eigenvalue weighted by molar-refractivity contribution is 0.178. The number of anilines is 1. The molecular formula is C17H20N2O2. The predicted molar refractivity (Wildman–Crippen MR) is 82.0 cm³/mol. The topological polar surface area (TPSA) is 45.5 Å². The summed E-state index contributed by atoms with van der Waals surface area (Å²) >= 11 is 0. The lowest BCUT2D eigenvalue weighted by Crippen LogP contribution is -2.41. The minimum atomic E-state index is -0.0514. The lowest BCUT2D eigenvalue weighted by atomic mass is 10.2. The van der Waals surface area contributed by atoms with Crippen LogP contribution in [-0.2, 0) is 6.54 Å². The number of carbonyl (C=O) groups excluding carboxylic acids is 1. The van der Waals surface area contributed by atoms with E-state index >= 15 is 0 Å². The molecule has 3 rings (SSSR count). The highest BCUT2D eigenvalue weighted by molar-refractivity contribution is 5.89. The smallest absolute Gasteiger partial charge is 0.322 e. The zero-order valence-electron chi connectivity index (χ0n) is 12.0. The molecule has 0 bridgehead atoms. The summed E-state index contributed by atoms with van der Waals surface area (Å²) in [5.41, 5.74) is 0.824. The molecular weight excluding hydrogens is 264 g/mol. The molecule has 1 aliphatic rings. The van der Waals surface area contributed by atoms with E-state index in [9.17, 15) is 4.79 Å². The number of para-hydroxylation sites is 1. The van der Waals surface area contributed by atoms with Crippen molar-refractivity contribution in [3.63, 3.8) is 0 Å². The van der Waals surface area contributed by atoms with Gasteiger partial charge in [-0.25, -0.2) is 4.79 Å². The van der Waals surface area contributed by atoms with Crippen LogP contribution in [0, 0.1) is 0 Å². The molecule has 4 nitrogen and oxygen atoms in total. The summed E-state index contributed by atoms with van der Waals surface area (Å²) in [5, 5.41) is 2.98. The van der Waals surface area contributed by atoms with Crippen molar-refractivity contribution in [1.29, 1.82) is 0 Å². The molecule has 1 aliphatic carbocycles. The number of carbonyl (C=O) groups is 1. The fourth-order valence-corrected chi connectivity index (χ4v) is 2.87. The van der Waals surface area contributed by atoms with E-state index in [1.165, 1.54) is 12.8 Å². The molecule has 0 atom stereocenters. The van der Waals surface area contributed by atoms with Crippen LogP contribution in [0.25, 0.3) is 0 Å². The van der Waals surface area contributed by atoms with Crippen molar-refractivity contribution in [2.45, 2.75) is 38.3 Å². The van der Waals surface area contributed by atoms with E-state index in [1.807, 2.05) is 47.4 Å². The van der Waals surface area contributed by atoms with Gasteiger partial charge in [-0.1, -0.05) is 31.0 Å². The van der Waals surface area contributed by atoms with Crippen molar-refractivity contribution < 1.29 is 9.21 Å². The quantitative estimate of drug-likeness (QED) is 0.912. The summed E-state index contributed by atoms with van der Waals surface area (Å²) in [7, 11) is 0. The summed E-state index contributed by atoms with van der Waals surface area (Å²) in [5.74, 6) is 0.824. The Labute approximate surface area is 124 Å². The number of nitrogens with one attached hydrogen (secondary N) is 1. The third kappa shape index (κ3) is 3.45. The second kappa shape index (κ2) is 6.48. The van der Waals surface area contributed by atoms with Gasteiger partial charge < -0.3 is 14.6 Å². The fraction of sp³-hybridized carbons (Fsp3) is 0.353. The summed E-state index contributed by atoms with van der Waals surface area (Å²) < 4.78 is 5.40. The van der Waals surface area contributed by atoms with Crippen molar-refractivity contribution in [1.82, 2.24) is 4.90 Å². The van der Waals surface area contributed by atoms with Gasteiger partial charge in [0.15, 0.2) is 0 Å². The van der Waals surface area contributed by atoms with E-state index < -0.39 is 0 Å². The molecule has 0 unspecified atom stereocenters. The molecule has 1 N–H and O–H groups in total. The van der Waals surface area contributed by atoms with Gasteiger partial charge in [0.1, 0.15) is 5.76 Å². The lowest BCUT2D eigenvalue weighted by Gasteiger charge is -2.28. The fourth-order valence-electron chi connectivity index (χ4n) is 2.87. The molecule has 1 aromatic carbocycles. The van der Waals surface area contributed by atoms with Crippen molar-refractivity contribution >= 4 is 11.7 Å². The number of urea groups is 1. The van der Waals surface area contributed by atoms with E-state index in [1.54, 1.807) is 6.26 Å². The zero-order chi connectivity index (χ0) is 14.5. The number of rotatable bonds is 4. The van der Waals surface area contributed by atoms with Gasteiger partial charge >= 0.3 is 6.03 Å². The molecule has 0 spiro atoms. The molecule has 4 heteroatoms. The van der Waals surface area contributed by atoms with Gasteiger partial charge in [-0.2, -0.15) is 0 Å². The van der Waals surface area contributed by atoms with Crippen LogP contribution in [0.5, 0.6) is 0 Å². The number of furan rings is 1. The third-order valence-corrected chi connectivity index (χ3v) is 3.96. The van der Waals surface area contributed by atoms with E-state index in [4.69, 9.17) is 4.42 Å². The first-order valence-corrected chi connectivity index (χ1v) is 7.48. The Morgan fingerprint density at radius 3 is 2.57 bits per heavy atom. The third-order valence-electron chi connectivity index (χ3n) is 3.96. The van der Waals surface area contributed by atoms with Crippen LogP contribution < -0.4 is 5.32 Å². The van der Waals surface area contributed by atoms with E-state index in [2.05, 4.69) is 5.32 Å². The van der Waals surface area contributed by atoms with Crippen LogP contribution in [-0.4, -0.2) is 17.0 Å². The summed E-state index contributed by atoms with van der Waals surface area (Å²) in [4.78, 5) is 14.5. The average Bonchev–Trinajstić information content (AvgIpc) is 3.19. The van der Waals surface area contributed by atoms with E-state index in [-0.39, 0.29) is 6.03 Å². The minimum absolute atomic E-state index is 0.0514. The number of hydrogen-bond acceptors (Lipinski definition) is 2. The van der Waals surface area contributed by atoms with Crippen molar-refractivity contribution in [2.24, 2.45) is 0 Å². The number of nitrogens with zero attached hydrogens (tertiary/aromatic N) is 1. The number of amides is 2. The first kappa shape index (κ1) is 13.7. The second-order valence-electron chi connectivity index (χ2n) is 5.44. The normalized spacial score (nSPS) is 15.0. The van der Waals surface area contributed by atoms with Crippen molar-refractivity contribution in [3.05, 3.63) is 54.5 Å². The summed E-state index contributed by atoms with van der Waals surface area (Å²) in [6.07, 6.45) is 6.18. The molecule has 2 amide bonds. The SMILES string of the molecule is O=C(Nc1ccccc1)N(Cc1ccco1)C1CCCC1. The number of benzene rings is 1. The zero-order valence-corrected chi connectivity index (χ0v) is 12.0. The Bertz CT molecular complexity index is 560. The van der Waals surface area contributed by atoms with Crippen LogP contribution in [0.15, 0.2) is 53.1 Å². The highest BCUT2D eigenvalue weighted by Gasteiger charge is 2.27. The Morgan fingerprint density at radius 1 is 1.14 bits per heavy atom. The Hall–Kier alpha value is -2.23. The monoisotopic (exact) mass is 284 g/mol. The standard InChI is InChI=1S/C17H20N2O2/c20-17(18-14-7-2-1-3-8-14)19(15-9-4-5-10-15)13-16-11-6-12-21-16/h1-3,6-8,11-12,15H,4-5,9-10,13H2,(H,18,20). The first-order chi connectivity index (χ1) is 10.3. The Kier molecular flexibility index (Phi) is 4.24. The highest BCUT2D eigenvalue weighted by atomic mass is 16.3. The van der Waals surface area contributed by atoms with Gasteiger partial charge in [-0.15, -0.1) is 0 Å². The molecule has 1 saturated carbocycles. The van der Waals surface area contributed by atoms with Gasteiger partial charge in [-0.05, 0) is 37.1 Å². The molecule has 2 aromatic rings. The largest absolute Gasteiger partial charge is 0.467 e. The Morgan fingerprint density at radius 2 is 1.90 bits per heavy atom. The van der Waals surface area contributed by atoms with Gasteiger partial charge in [0, 0.05) is 11.7 Å². The average molecular weight is 284 g/mol.